The highest BCUT2D eigenvalue weighted by Gasteiger charge is 2.27. The van der Waals surface area contributed by atoms with Crippen LogP contribution in [0.4, 0.5) is 4.39 Å². The van der Waals surface area contributed by atoms with Crippen LogP contribution in [0.3, 0.4) is 0 Å². The zero-order chi connectivity index (χ0) is 19.5. The summed E-state index contributed by atoms with van der Waals surface area (Å²) in [5.74, 6) is -0.00568. The summed E-state index contributed by atoms with van der Waals surface area (Å²) >= 11 is 0. The highest BCUT2D eigenvalue weighted by molar-refractivity contribution is 5.95. The van der Waals surface area contributed by atoms with Gasteiger partial charge in [0, 0.05) is 42.5 Å². The number of pyridine rings is 1. The van der Waals surface area contributed by atoms with E-state index in [4.69, 9.17) is 4.98 Å². The van der Waals surface area contributed by atoms with Crippen LogP contribution >= 0.6 is 0 Å². The van der Waals surface area contributed by atoms with E-state index in [2.05, 4.69) is 10.2 Å². The highest BCUT2D eigenvalue weighted by atomic mass is 19.1. The zero-order valence-corrected chi connectivity index (χ0v) is 15.9. The summed E-state index contributed by atoms with van der Waals surface area (Å²) in [6, 6.07) is 12.6. The third kappa shape index (κ3) is 3.96. The molecule has 1 aliphatic rings. The Morgan fingerprint density at radius 3 is 2.93 bits per heavy atom. The summed E-state index contributed by atoms with van der Waals surface area (Å²) < 4.78 is 13.4. The van der Waals surface area contributed by atoms with Gasteiger partial charge in [-0.25, -0.2) is 4.39 Å². The third-order valence-corrected chi connectivity index (χ3v) is 5.29. The number of aromatic amines is 1. The quantitative estimate of drug-likeness (QED) is 0.750. The van der Waals surface area contributed by atoms with Crippen LogP contribution in [0.25, 0.3) is 0 Å². The van der Waals surface area contributed by atoms with Crippen molar-refractivity contribution in [3.05, 3.63) is 82.7 Å². The van der Waals surface area contributed by atoms with E-state index in [1.54, 1.807) is 18.3 Å². The average molecular weight is 378 g/mol. The molecule has 1 aliphatic heterocycles. The first kappa shape index (κ1) is 18.3. The molecule has 6 heteroatoms. The van der Waals surface area contributed by atoms with Gasteiger partial charge in [0.25, 0.3) is 5.91 Å². The minimum Gasteiger partial charge on any atom is -0.338 e. The van der Waals surface area contributed by atoms with E-state index in [1.807, 2.05) is 36.1 Å². The second-order valence-corrected chi connectivity index (χ2v) is 7.36. The molecule has 0 radical (unpaired) electrons. The van der Waals surface area contributed by atoms with Crippen LogP contribution in [0.1, 0.15) is 51.8 Å². The van der Waals surface area contributed by atoms with Gasteiger partial charge in [0.2, 0.25) is 0 Å². The molecule has 3 aromatic rings. The van der Waals surface area contributed by atoms with Crippen LogP contribution in [-0.4, -0.2) is 39.1 Å². The van der Waals surface area contributed by atoms with Crippen molar-refractivity contribution >= 4 is 5.91 Å². The second-order valence-electron chi connectivity index (χ2n) is 7.36. The fourth-order valence-corrected chi connectivity index (χ4v) is 3.82. The number of carbonyl (C=O) groups excluding carboxylic acids is 1. The Hall–Kier alpha value is -3.02. The number of hydrogen-bond donors (Lipinski definition) is 1. The molecule has 1 N–H and O–H groups in total. The van der Waals surface area contributed by atoms with Gasteiger partial charge < -0.3 is 4.90 Å². The van der Waals surface area contributed by atoms with Crippen LogP contribution in [0.5, 0.6) is 0 Å². The Balaban J connectivity index is 1.49. The number of H-pyrrole nitrogens is 1. The molecule has 144 valence electrons. The molecule has 1 aromatic carbocycles. The van der Waals surface area contributed by atoms with Crippen molar-refractivity contribution in [1.29, 1.82) is 0 Å². The normalized spacial score (nSPS) is 16.9. The molecule has 3 heterocycles. The summed E-state index contributed by atoms with van der Waals surface area (Å²) in [6.07, 6.45) is 4.14. The lowest BCUT2D eigenvalue weighted by atomic mass is 9.93. The van der Waals surface area contributed by atoms with Crippen molar-refractivity contribution in [3.63, 3.8) is 0 Å². The largest absolute Gasteiger partial charge is 0.338 e. The van der Waals surface area contributed by atoms with Crippen molar-refractivity contribution in [2.45, 2.75) is 32.1 Å². The lowest BCUT2D eigenvalue weighted by Gasteiger charge is -2.32. The fraction of sp³-hybridized carbons (Fsp3) is 0.318. The number of hydrogen-bond acceptors (Lipinski definition) is 3. The van der Waals surface area contributed by atoms with E-state index in [1.165, 1.54) is 6.07 Å². The van der Waals surface area contributed by atoms with E-state index in [0.29, 0.717) is 18.5 Å². The van der Waals surface area contributed by atoms with Crippen LogP contribution in [0.15, 0.2) is 48.7 Å². The van der Waals surface area contributed by atoms with Gasteiger partial charge in [-0.3, -0.25) is 14.9 Å². The number of nitrogens with zero attached hydrogens (tertiary/aromatic N) is 3. The van der Waals surface area contributed by atoms with Crippen LogP contribution in [0.2, 0.25) is 0 Å². The number of benzene rings is 1. The molecule has 0 bridgehead atoms. The zero-order valence-electron chi connectivity index (χ0n) is 15.9. The van der Waals surface area contributed by atoms with E-state index in [-0.39, 0.29) is 17.6 Å². The number of likely N-dealkylation sites (tertiary alicyclic amines) is 1. The monoisotopic (exact) mass is 378 g/mol. The number of nitrogens with one attached hydrogen (secondary N) is 1. The third-order valence-electron chi connectivity index (χ3n) is 5.29. The van der Waals surface area contributed by atoms with Gasteiger partial charge in [0.05, 0.1) is 11.8 Å². The minimum atomic E-state index is -0.232. The standard InChI is InChI=1S/C22H23FN4O/c1-15-20(13-24-26-15)22(28)27-10-4-6-17(14-27)21-9-3-8-19(25-21)12-16-5-2-7-18(23)11-16/h2-3,5,7-9,11,13,17H,4,6,10,12,14H2,1H3,(H,24,26). The van der Waals surface area contributed by atoms with E-state index >= 15 is 0 Å². The summed E-state index contributed by atoms with van der Waals surface area (Å²) in [5, 5.41) is 6.79. The summed E-state index contributed by atoms with van der Waals surface area (Å²) in [5.41, 5.74) is 4.24. The predicted octanol–water partition coefficient (Wildman–Crippen LogP) is 3.86. The Morgan fingerprint density at radius 1 is 1.29 bits per heavy atom. The molecule has 0 aliphatic carbocycles. The predicted molar refractivity (Wildman–Crippen MR) is 105 cm³/mol. The van der Waals surface area contributed by atoms with Gasteiger partial charge in [-0.05, 0) is 49.6 Å². The van der Waals surface area contributed by atoms with E-state index < -0.39 is 0 Å². The van der Waals surface area contributed by atoms with Crippen LogP contribution < -0.4 is 0 Å². The van der Waals surface area contributed by atoms with Crippen molar-refractivity contribution in [3.8, 4) is 0 Å². The first-order valence-corrected chi connectivity index (χ1v) is 9.59. The van der Waals surface area contributed by atoms with E-state index in [0.717, 1.165) is 42.0 Å². The lowest BCUT2D eigenvalue weighted by Crippen LogP contribution is -2.39. The Labute approximate surface area is 163 Å². The molecular weight excluding hydrogens is 355 g/mol. The maximum Gasteiger partial charge on any atom is 0.257 e. The maximum absolute atomic E-state index is 13.4. The van der Waals surface area contributed by atoms with Gasteiger partial charge in [-0.15, -0.1) is 0 Å². The molecule has 4 rings (SSSR count). The smallest absolute Gasteiger partial charge is 0.257 e. The van der Waals surface area contributed by atoms with Crippen molar-refractivity contribution in [1.82, 2.24) is 20.1 Å². The van der Waals surface area contributed by atoms with Gasteiger partial charge >= 0.3 is 0 Å². The van der Waals surface area contributed by atoms with Gasteiger partial charge in [-0.2, -0.15) is 5.10 Å². The number of amides is 1. The lowest BCUT2D eigenvalue weighted by molar-refractivity contribution is 0.0705. The minimum absolute atomic E-state index is 0.0202. The van der Waals surface area contributed by atoms with Crippen molar-refractivity contribution in [2.24, 2.45) is 0 Å². The van der Waals surface area contributed by atoms with Crippen molar-refractivity contribution < 1.29 is 9.18 Å². The highest BCUT2D eigenvalue weighted by Crippen LogP contribution is 2.27. The Kier molecular flexibility index (Phi) is 5.19. The first-order valence-electron chi connectivity index (χ1n) is 9.59. The van der Waals surface area contributed by atoms with Gasteiger partial charge in [-0.1, -0.05) is 18.2 Å². The molecule has 1 amide bonds. The molecular formula is C22H23FN4O. The number of carbonyl (C=O) groups is 1. The summed E-state index contributed by atoms with van der Waals surface area (Å²) in [6.45, 7) is 3.27. The maximum atomic E-state index is 13.4. The summed E-state index contributed by atoms with van der Waals surface area (Å²) in [7, 11) is 0. The molecule has 1 saturated heterocycles. The Morgan fingerprint density at radius 2 is 2.14 bits per heavy atom. The molecule has 28 heavy (non-hydrogen) atoms. The average Bonchev–Trinajstić information content (AvgIpc) is 3.14. The number of halogens is 1. The first-order chi connectivity index (χ1) is 13.6. The molecule has 1 unspecified atom stereocenters. The van der Waals surface area contributed by atoms with Gasteiger partial charge in [0.15, 0.2) is 0 Å². The van der Waals surface area contributed by atoms with Gasteiger partial charge in [0.1, 0.15) is 5.82 Å². The molecule has 5 nitrogen and oxygen atoms in total. The topological polar surface area (TPSA) is 61.9 Å². The second kappa shape index (κ2) is 7.92. The Bertz CT molecular complexity index is 984. The number of rotatable bonds is 4. The molecule has 2 aromatic heterocycles. The number of aryl methyl sites for hydroxylation is 1. The molecule has 1 atom stereocenters. The van der Waals surface area contributed by atoms with Crippen LogP contribution in [0, 0.1) is 12.7 Å². The number of aromatic nitrogens is 3. The fourth-order valence-electron chi connectivity index (χ4n) is 3.82. The molecule has 0 spiro atoms. The van der Waals surface area contributed by atoms with Crippen LogP contribution in [-0.2, 0) is 6.42 Å². The number of piperidine rings is 1. The SMILES string of the molecule is Cc1[nH]ncc1C(=O)N1CCCC(c2cccc(Cc3cccc(F)c3)n2)C1. The molecule has 1 fully saturated rings. The van der Waals surface area contributed by atoms with E-state index in [9.17, 15) is 9.18 Å². The summed E-state index contributed by atoms with van der Waals surface area (Å²) in [4.78, 5) is 19.5. The molecule has 0 saturated carbocycles. The van der Waals surface area contributed by atoms with Crippen molar-refractivity contribution in [2.75, 3.05) is 13.1 Å².